The van der Waals surface area contributed by atoms with Gasteiger partial charge in [-0.05, 0) is 43.4 Å². The summed E-state index contributed by atoms with van der Waals surface area (Å²) < 4.78 is 0. The van der Waals surface area contributed by atoms with Crippen molar-refractivity contribution in [2.45, 2.75) is 65.2 Å². The molecule has 0 radical (unpaired) electrons. The third-order valence-electron chi connectivity index (χ3n) is 4.10. The van der Waals surface area contributed by atoms with Gasteiger partial charge in [0, 0.05) is 5.88 Å². The zero-order chi connectivity index (χ0) is 11.1. The van der Waals surface area contributed by atoms with Gasteiger partial charge >= 0.3 is 0 Å². The number of alkyl halides is 1. The van der Waals surface area contributed by atoms with Crippen LogP contribution in [-0.2, 0) is 0 Å². The number of hydrogen-bond acceptors (Lipinski definition) is 0. The van der Waals surface area contributed by atoms with Crippen molar-refractivity contribution in [1.29, 1.82) is 0 Å². The maximum atomic E-state index is 5.93. The number of rotatable bonds is 6. The summed E-state index contributed by atoms with van der Waals surface area (Å²) >= 11 is 5.93. The molecule has 0 aromatic heterocycles. The molecular formula is C14H27Cl. The van der Waals surface area contributed by atoms with E-state index in [1.54, 1.807) is 0 Å². The zero-order valence-electron chi connectivity index (χ0n) is 10.5. The molecule has 1 heteroatoms. The lowest BCUT2D eigenvalue weighted by atomic mass is 9.73. The minimum absolute atomic E-state index is 0.826. The predicted octanol–water partition coefficient (Wildman–Crippen LogP) is 5.25. The molecule has 0 aromatic carbocycles. The highest BCUT2D eigenvalue weighted by atomic mass is 35.5. The monoisotopic (exact) mass is 230 g/mol. The Morgan fingerprint density at radius 2 is 1.53 bits per heavy atom. The molecule has 1 saturated carbocycles. The molecule has 0 heterocycles. The summed E-state index contributed by atoms with van der Waals surface area (Å²) in [5.74, 6) is 3.74. The third kappa shape index (κ3) is 4.34. The fourth-order valence-corrected chi connectivity index (χ4v) is 3.48. The largest absolute Gasteiger partial charge is 0.126 e. The first-order valence-corrected chi connectivity index (χ1v) is 7.41. The summed E-state index contributed by atoms with van der Waals surface area (Å²) in [4.78, 5) is 0. The molecule has 0 amide bonds. The second kappa shape index (κ2) is 7.54. The summed E-state index contributed by atoms with van der Waals surface area (Å²) in [6, 6.07) is 0. The fraction of sp³-hybridized carbons (Fsp3) is 1.00. The van der Waals surface area contributed by atoms with Crippen molar-refractivity contribution in [1.82, 2.24) is 0 Å². The molecule has 0 aliphatic heterocycles. The molecule has 1 fully saturated rings. The van der Waals surface area contributed by atoms with Crippen LogP contribution in [-0.4, -0.2) is 5.88 Å². The van der Waals surface area contributed by atoms with Crippen molar-refractivity contribution in [3.63, 3.8) is 0 Å². The Labute approximate surface area is 101 Å². The first-order chi connectivity index (χ1) is 7.31. The van der Waals surface area contributed by atoms with E-state index >= 15 is 0 Å². The number of halogens is 1. The average molecular weight is 231 g/mol. The summed E-state index contributed by atoms with van der Waals surface area (Å²) in [5.41, 5.74) is 0. The highest BCUT2D eigenvalue weighted by Crippen LogP contribution is 2.37. The number of hydrogen-bond donors (Lipinski definition) is 0. The van der Waals surface area contributed by atoms with Gasteiger partial charge in [0.25, 0.3) is 0 Å². The van der Waals surface area contributed by atoms with Crippen molar-refractivity contribution in [2.24, 2.45) is 17.8 Å². The van der Waals surface area contributed by atoms with Gasteiger partial charge in [-0.15, -0.1) is 11.6 Å². The van der Waals surface area contributed by atoms with E-state index in [9.17, 15) is 0 Å². The fourth-order valence-electron chi connectivity index (χ4n) is 3.17. The molecule has 0 bridgehead atoms. The molecule has 0 nitrogen and oxygen atoms in total. The van der Waals surface area contributed by atoms with Gasteiger partial charge < -0.3 is 0 Å². The minimum Gasteiger partial charge on any atom is -0.126 e. The summed E-state index contributed by atoms with van der Waals surface area (Å²) in [5, 5.41) is 0. The highest BCUT2D eigenvalue weighted by Gasteiger charge is 2.25. The molecule has 90 valence electrons. The molecule has 0 saturated heterocycles. The van der Waals surface area contributed by atoms with E-state index in [1.807, 2.05) is 0 Å². The van der Waals surface area contributed by atoms with Crippen LogP contribution in [0.5, 0.6) is 0 Å². The molecule has 0 unspecified atom stereocenters. The van der Waals surface area contributed by atoms with Gasteiger partial charge in [0.05, 0.1) is 0 Å². The summed E-state index contributed by atoms with van der Waals surface area (Å²) in [6.45, 7) is 4.65. The predicted molar refractivity (Wildman–Crippen MR) is 69.5 cm³/mol. The van der Waals surface area contributed by atoms with E-state index in [1.165, 1.54) is 51.4 Å². The summed E-state index contributed by atoms with van der Waals surface area (Å²) in [7, 11) is 0. The third-order valence-corrected chi connectivity index (χ3v) is 4.53. The van der Waals surface area contributed by atoms with Crippen LogP contribution in [0.15, 0.2) is 0 Å². The van der Waals surface area contributed by atoms with Crippen molar-refractivity contribution in [3.05, 3.63) is 0 Å². The Balaban J connectivity index is 2.34. The second-order valence-corrected chi connectivity index (χ2v) is 5.58. The molecule has 15 heavy (non-hydrogen) atoms. The Morgan fingerprint density at radius 3 is 1.93 bits per heavy atom. The van der Waals surface area contributed by atoms with Crippen molar-refractivity contribution in [3.8, 4) is 0 Å². The van der Waals surface area contributed by atoms with Crippen LogP contribution in [0.3, 0.4) is 0 Å². The molecular weight excluding hydrogens is 204 g/mol. The maximum absolute atomic E-state index is 5.93. The average Bonchev–Trinajstić information content (AvgIpc) is 2.29. The van der Waals surface area contributed by atoms with Crippen LogP contribution < -0.4 is 0 Å². The van der Waals surface area contributed by atoms with Crippen LogP contribution in [0, 0.1) is 17.8 Å². The van der Waals surface area contributed by atoms with E-state index in [0.717, 1.165) is 23.6 Å². The molecule has 0 atom stereocenters. The zero-order valence-corrected chi connectivity index (χ0v) is 11.2. The highest BCUT2D eigenvalue weighted by molar-refractivity contribution is 6.18. The molecule has 0 aromatic rings. The van der Waals surface area contributed by atoms with Crippen molar-refractivity contribution in [2.75, 3.05) is 5.88 Å². The van der Waals surface area contributed by atoms with Crippen LogP contribution >= 0.6 is 11.6 Å². The smallest absolute Gasteiger partial charge is 0.0251 e. The van der Waals surface area contributed by atoms with Crippen LogP contribution in [0.2, 0.25) is 0 Å². The van der Waals surface area contributed by atoms with Crippen LogP contribution in [0.25, 0.3) is 0 Å². The van der Waals surface area contributed by atoms with E-state index in [2.05, 4.69) is 13.8 Å². The first-order valence-electron chi connectivity index (χ1n) is 6.87. The Morgan fingerprint density at radius 1 is 1.00 bits per heavy atom. The van der Waals surface area contributed by atoms with E-state index < -0.39 is 0 Å². The molecule has 1 aliphatic carbocycles. The van der Waals surface area contributed by atoms with Gasteiger partial charge in [0.15, 0.2) is 0 Å². The first kappa shape index (κ1) is 13.4. The lowest BCUT2D eigenvalue weighted by molar-refractivity contribution is 0.193. The molecule has 1 rings (SSSR count). The molecule has 1 aliphatic rings. The second-order valence-electron chi connectivity index (χ2n) is 5.27. The normalized spacial score (nSPS) is 27.2. The topological polar surface area (TPSA) is 0 Å². The van der Waals surface area contributed by atoms with Gasteiger partial charge in [-0.2, -0.15) is 0 Å². The van der Waals surface area contributed by atoms with Crippen LogP contribution in [0.1, 0.15) is 65.2 Å². The SMILES string of the molecule is CCCC(CCC)C1CCC(CCl)CC1. The summed E-state index contributed by atoms with van der Waals surface area (Å²) in [6.07, 6.45) is 11.3. The lowest BCUT2D eigenvalue weighted by Crippen LogP contribution is -2.22. The maximum Gasteiger partial charge on any atom is 0.0251 e. The minimum atomic E-state index is 0.826. The Kier molecular flexibility index (Phi) is 6.72. The Bertz CT molecular complexity index is 141. The standard InChI is InChI=1S/C14H27Cl/c1-3-5-13(6-4-2)14-9-7-12(11-15)8-10-14/h12-14H,3-11H2,1-2H3. The molecule has 0 N–H and O–H groups in total. The van der Waals surface area contributed by atoms with Gasteiger partial charge in [0.1, 0.15) is 0 Å². The Hall–Kier alpha value is 0.290. The van der Waals surface area contributed by atoms with E-state index in [-0.39, 0.29) is 0 Å². The molecule has 0 spiro atoms. The lowest BCUT2D eigenvalue weighted by Gasteiger charge is -2.33. The van der Waals surface area contributed by atoms with Crippen molar-refractivity contribution < 1.29 is 0 Å². The van der Waals surface area contributed by atoms with E-state index in [0.29, 0.717) is 0 Å². The van der Waals surface area contributed by atoms with Crippen molar-refractivity contribution >= 4 is 11.6 Å². The van der Waals surface area contributed by atoms with Gasteiger partial charge in [-0.25, -0.2) is 0 Å². The van der Waals surface area contributed by atoms with Crippen LogP contribution in [0.4, 0.5) is 0 Å². The van der Waals surface area contributed by atoms with Gasteiger partial charge in [0.2, 0.25) is 0 Å². The van der Waals surface area contributed by atoms with E-state index in [4.69, 9.17) is 11.6 Å². The van der Waals surface area contributed by atoms with Gasteiger partial charge in [-0.3, -0.25) is 0 Å². The van der Waals surface area contributed by atoms with Gasteiger partial charge in [-0.1, -0.05) is 39.5 Å². The quantitative estimate of drug-likeness (QED) is 0.547.